The van der Waals surface area contributed by atoms with Crippen LogP contribution < -0.4 is 5.32 Å². The first-order valence-electron chi connectivity index (χ1n) is 8.73. The highest BCUT2D eigenvalue weighted by atomic mass is 32.1. The number of benzene rings is 1. The van der Waals surface area contributed by atoms with Crippen LogP contribution in [0.2, 0.25) is 0 Å². The summed E-state index contributed by atoms with van der Waals surface area (Å²) in [6.07, 6.45) is 4.83. The molecule has 1 aromatic heterocycles. The number of nitrogens with one attached hydrogen (secondary N) is 1. The van der Waals surface area contributed by atoms with Crippen LogP contribution >= 0.6 is 11.3 Å². The highest BCUT2D eigenvalue weighted by Gasteiger charge is 2.22. The average Bonchev–Trinajstić information content (AvgIpc) is 2.88. The predicted octanol–water partition coefficient (Wildman–Crippen LogP) is 4.51. The Balaban J connectivity index is 1.60. The minimum absolute atomic E-state index is 0.324. The van der Waals surface area contributed by atoms with Gasteiger partial charge in [0.05, 0.1) is 0 Å². The zero-order chi connectivity index (χ0) is 17.8. The van der Waals surface area contributed by atoms with Crippen molar-refractivity contribution in [3.05, 3.63) is 51.2 Å². The quantitative estimate of drug-likeness (QED) is 0.647. The van der Waals surface area contributed by atoms with E-state index in [-0.39, 0.29) is 5.91 Å². The lowest BCUT2D eigenvalue weighted by Crippen LogP contribution is -2.29. The molecule has 0 fully saturated rings. The molecule has 3 rings (SSSR count). The van der Waals surface area contributed by atoms with Crippen LogP contribution in [0.1, 0.15) is 51.9 Å². The number of fused-ring (bicyclic) bond motifs is 1. The molecule has 25 heavy (non-hydrogen) atoms. The Labute approximate surface area is 152 Å². The van der Waals surface area contributed by atoms with Crippen molar-refractivity contribution in [3.8, 4) is 0 Å². The number of rotatable bonds is 4. The van der Waals surface area contributed by atoms with Crippen molar-refractivity contribution in [1.82, 2.24) is 0 Å². The van der Waals surface area contributed by atoms with Gasteiger partial charge in [-0.3, -0.25) is 4.79 Å². The zero-order valence-corrected chi connectivity index (χ0v) is 15.4. The third-order valence-electron chi connectivity index (χ3n) is 4.42. The minimum atomic E-state index is -0.837. The van der Waals surface area contributed by atoms with E-state index in [1.165, 1.54) is 41.0 Å². The lowest BCUT2D eigenvalue weighted by Gasteiger charge is -2.13. The highest BCUT2D eigenvalue weighted by Crippen LogP contribution is 2.29. The Morgan fingerprint density at radius 1 is 1.12 bits per heavy atom. The molecule has 1 amide bonds. The van der Waals surface area contributed by atoms with E-state index < -0.39 is 12.1 Å². The summed E-state index contributed by atoms with van der Waals surface area (Å²) in [5, 5.41) is 2.77. The van der Waals surface area contributed by atoms with Crippen LogP contribution in [0.4, 0.5) is 5.69 Å². The van der Waals surface area contributed by atoms with E-state index >= 15 is 0 Å². The maximum Gasteiger partial charge on any atom is 0.349 e. The molecule has 4 nitrogen and oxygen atoms in total. The molecule has 1 aromatic carbocycles. The van der Waals surface area contributed by atoms with E-state index in [4.69, 9.17) is 4.74 Å². The molecule has 1 aliphatic rings. The van der Waals surface area contributed by atoms with Crippen LogP contribution in [0, 0.1) is 6.92 Å². The number of amides is 1. The molecule has 0 unspecified atom stereocenters. The van der Waals surface area contributed by atoms with E-state index in [0.717, 1.165) is 18.4 Å². The maximum absolute atomic E-state index is 12.4. The van der Waals surface area contributed by atoms with Gasteiger partial charge in [0, 0.05) is 10.6 Å². The van der Waals surface area contributed by atoms with Gasteiger partial charge < -0.3 is 10.1 Å². The van der Waals surface area contributed by atoms with Gasteiger partial charge >= 0.3 is 5.97 Å². The molecule has 132 valence electrons. The molecule has 0 saturated carbocycles. The smallest absolute Gasteiger partial charge is 0.349 e. The Bertz CT molecular complexity index is 740. The number of aryl methyl sites for hydroxylation is 3. The Morgan fingerprint density at radius 2 is 1.84 bits per heavy atom. The number of hydrogen-bond acceptors (Lipinski definition) is 4. The molecular formula is C20H23NO3S. The number of thiophene rings is 1. The van der Waals surface area contributed by atoms with Gasteiger partial charge in [0.15, 0.2) is 6.10 Å². The molecule has 2 aromatic rings. The number of carbonyl (C=O) groups excluding carboxylic acids is 2. The third-order valence-corrected chi connectivity index (χ3v) is 5.64. The number of hydrogen-bond donors (Lipinski definition) is 1. The van der Waals surface area contributed by atoms with Crippen molar-refractivity contribution in [2.75, 3.05) is 5.32 Å². The lowest BCUT2D eigenvalue weighted by molar-refractivity contribution is -0.123. The fourth-order valence-corrected chi connectivity index (χ4v) is 4.06. The second kappa shape index (κ2) is 7.83. The van der Waals surface area contributed by atoms with Crippen LogP contribution in [0.15, 0.2) is 30.3 Å². The zero-order valence-electron chi connectivity index (χ0n) is 14.6. The maximum atomic E-state index is 12.4. The Hall–Kier alpha value is -2.14. The summed E-state index contributed by atoms with van der Waals surface area (Å²) in [7, 11) is 0. The van der Waals surface area contributed by atoms with Crippen molar-refractivity contribution in [2.24, 2.45) is 0 Å². The van der Waals surface area contributed by atoms with Crippen LogP contribution in [0.3, 0.4) is 0 Å². The summed E-state index contributed by atoms with van der Waals surface area (Å²) in [5.41, 5.74) is 3.09. The predicted molar refractivity (Wildman–Crippen MR) is 100 cm³/mol. The molecule has 0 spiro atoms. The van der Waals surface area contributed by atoms with Crippen LogP contribution in [0.5, 0.6) is 0 Å². The SMILES string of the molecule is Cc1ccc(NC(=O)[C@H](C)OC(=O)c2cc3c(s2)CCCCC3)cc1. The van der Waals surface area contributed by atoms with Gasteiger partial charge in [0.1, 0.15) is 4.88 Å². The first kappa shape index (κ1) is 17.7. The van der Waals surface area contributed by atoms with Crippen molar-refractivity contribution >= 4 is 28.9 Å². The van der Waals surface area contributed by atoms with E-state index in [1.54, 1.807) is 6.92 Å². The van der Waals surface area contributed by atoms with Gasteiger partial charge in [0.2, 0.25) is 0 Å². The number of ether oxygens (including phenoxy) is 1. The standard InChI is InChI=1S/C20H23NO3S/c1-13-8-10-16(11-9-13)21-19(22)14(2)24-20(23)18-12-15-6-4-3-5-7-17(15)25-18/h8-12,14H,3-7H2,1-2H3,(H,21,22)/t14-/m0/s1. The van der Waals surface area contributed by atoms with Gasteiger partial charge in [-0.05, 0) is 63.3 Å². The van der Waals surface area contributed by atoms with Gasteiger partial charge in [-0.2, -0.15) is 0 Å². The summed E-state index contributed by atoms with van der Waals surface area (Å²) >= 11 is 1.51. The molecule has 1 N–H and O–H groups in total. The first-order chi connectivity index (χ1) is 12.0. The van der Waals surface area contributed by atoms with Crippen LogP contribution in [-0.4, -0.2) is 18.0 Å². The second-order valence-corrected chi connectivity index (χ2v) is 7.66. The van der Waals surface area contributed by atoms with Gasteiger partial charge in [0.25, 0.3) is 5.91 Å². The number of carbonyl (C=O) groups is 2. The van der Waals surface area contributed by atoms with E-state index in [1.807, 2.05) is 37.3 Å². The molecule has 0 radical (unpaired) electrons. The molecule has 0 saturated heterocycles. The Morgan fingerprint density at radius 3 is 2.60 bits per heavy atom. The summed E-state index contributed by atoms with van der Waals surface area (Å²) in [4.78, 5) is 26.5. The minimum Gasteiger partial charge on any atom is -0.448 e. The summed E-state index contributed by atoms with van der Waals surface area (Å²) in [6, 6.07) is 9.45. The van der Waals surface area contributed by atoms with Crippen molar-refractivity contribution in [1.29, 1.82) is 0 Å². The van der Waals surface area contributed by atoms with Crippen LogP contribution in [0.25, 0.3) is 0 Å². The summed E-state index contributed by atoms with van der Waals surface area (Å²) in [5.74, 6) is -0.736. The molecule has 0 aliphatic heterocycles. The molecule has 5 heteroatoms. The topological polar surface area (TPSA) is 55.4 Å². The highest BCUT2D eigenvalue weighted by molar-refractivity contribution is 7.14. The van der Waals surface area contributed by atoms with Crippen LogP contribution in [-0.2, 0) is 22.4 Å². The molecular weight excluding hydrogens is 334 g/mol. The molecule has 1 atom stereocenters. The van der Waals surface area contributed by atoms with Gasteiger partial charge in [-0.25, -0.2) is 4.79 Å². The molecule has 1 aliphatic carbocycles. The summed E-state index contributed by atoms with van der Waals surface area (Å²) < 4.78 is 5.36. The molecule has 1 heterocycles. The number of esters is 1. The van der Waals surface area contributed by atoms with E-state index in [0.29, 0.717) is 10.6 Å². The number of anilines is 1. The largest absolute Gasteiger partial charge is 0.448 e. The average molecular weight is 357 g/mol. The van der Waals surface area contributed by atoms with Crippen molar-refractivity contribution < 1.29 is 14.3 Å². The fourth-order valence-electron chi connectivity index (χ4n) is 2.92. The monoisotopic (exact) mass is 357 g/mol. The van der Waals surface area contributed by atoms with Gasteiger partial charge in [-0.1, -0.05) is 24.1 Å². The van der Waals surface area contributed by atoms with Crippen molar-refractivity contribution in [2.45, 2.75) is 52.1 Å². The Kier molecular flexibility index (Phi) is 5.53. The first-order valence-corrected chi connectivity index (χ1v) is 9.54. The second-order valence-electron chi connectivity index (χ2n) is 6.52. The lowest BCUT2D eigenvalue weighted by atomic mass is 10.1. The van der Waals surface area contributed by atoms with Crippen molar-refractivity contribution in [3.63, 3.8) is 0 Å². The fraction of sp³-hybridized carbons (Fsp3) is 0.400. The normalized spacial score (nSPS) is 15.0. The summed E-state index contributed by atoms with van der Waals surface area (Å²) in [6.45, 7) is 3.58. The third kappa shape index (κ3) is 4.48. The van der Waals surface area contributed by atoms with Gasteiger partial charge in [-0.15, -0.1) is 11.3 Å². The molecule has 0 bridgehead atoms. The van der Waals surface area contributed by atoms with E-state index in [9.17, 15) is 9.59 Å². The van der Waals surface area contributed by atoms with E-state index in [2.05, 4.69) is 5.32 Å².